The number of hydrogen-bond donors (Lipinski definition) is 1. The van der Waals surface area contributed by atoms with Gasteiger partial charge in [-0.25, -0.2) is 8.78 Å². The number of hydrogen-bond acceptors (Lipinski definition) is 2. The van der Waals surface area contributed by atoms with Crippen molar-refractivity contribution < 1.29 is 8.78 Å². The smallest absolute Gasteiger partial charge is 0.151 e. The van der Waals surface area contributed by atoms with Gasteiger partial charge in [-0.1, -0.05) is 0 Å². The molecular formula is C14H18ClF2N3. The van der Waals surface area contributed by atoms with Gasteiger partial charge in [0.1, 0.15) is 11.6 Å². The highest BCUT2D eigenvalue weighted by Crippen LogP contribution is 2.16. The molecule has 1 aromatic carbocycles. The Balaban J connectivity index is 0.00000200. The number of aryl methyl sites for hydroxylation is 1. The van der Waals surface area contributed by atoms with Gasteiger partial charge in [0, 0.05) is 30.4 Å². The van der Waals surface area contributed by atoms with Crippen LogP contribution in [0.5, 0.6) is 0 Å². The summed E-state index contributed by atoms with van der Waals surface area (Å²) in [5, 5.41) is 7.48. The lowest BCUT2D eigenvalue weighted by Crippen LogP contribution is -2.05. The van der Waals surface area contributed by atoms with Gasteiger partial charge in [0.25, 0.3) is 0 Å². The Morgan fingerprint density at radius 2 is 1.80 bits per heavy atom. The summed E-state index contributed by atoms with van der Waals surface area (Å²) in [7, 11) is 0. The Hall–Kier alpha value is -1.62. The number of rotatable bonds is 4. The predicted molar refractivity (Wildman–Crippen MR) is 78.3 cm³/mol. The number of nitrogens with zero attached hydrogens (tertiary/aromatic N) is 2. The minimum Gasteiger partial charge on any atom is -0.364 e. The Kier molecular flexibility index (Phi) is 5.51. The van der Waals surface area contributed by atoms with Crippen molar-refractivity contribution in [1.29, 1.82) is 0 Å². The normalized spacial score (nSPS) is 10.5. The summed E-state index contributed by atoms with van der Waals surface area (Å²) in [5.41, 5.74) is 1.56. The van der Waals surface area contributed by atoms with Crippen molar-refractivity contribution >= 4 is 18.2 Å². The lowest BCUT2D eigenvalue weighted by molar-refractivity contribution is 0.533. The molecule has 0 saturated carbocycles. The molecular weight excluding hydrogens is 284 g/mol. The molecule has 0 bridgehead atoms. The third-order valence-corrected chi connectivity index (χ3v) is 2.83. The lowest BCUT2D eigenvalue weighted by Gasteiger charge is -2.06. The fraction of sp³-hybridized carbons (Fsp3) is 0.357. The molecule has 0 radical (unpaired) electrons. The maximum atomic E-state index is 13.1. The molecule has 0 atom stereocenters. The van der Waals surface area contributed by atoms with E-state index in [9.17, 15) is 8.78 Å². The van der Waals surface area contributed by atoms with E-state index in [4.69, 9.17) is 0 Å². The summed E-state index contributed by atoms with van der Waals surface area (Å²) >= 11 is 0. The van der Waals surface area contributed by atoms with E-state index in [1.807, 2.05) is 31.6 Å². The van der Waals surface area contributed by atoms with Crippen LogP contribution in [0, 0.1) is 18.6 Å². The van der Waals surface area contributed by atoms with E-state index >= 15 is 0 Å². The van der Waals surface area contributed by atoms with Crippen molar-refractivity contribution in [1.82, 2.24) is 9.78 Å². The maximum absolute atomic E-state index is 13.1. The Bertz CT molecular complexity index is 562. The van der Waals surface area contributed by atoms with Crippen LogP contribution in [-0.2, 0) is 6.54 Å². The Labute approximate surface area is 123 Å². The average molecular weight is 302 g/mol. The van der Waals surface area contributed by atoms with Gasteiger partial charge in [-0.3, -0.25) is 4.68 Å². The summed E-state index contributed by atoms with van der Waals surface area (Å²) < 4.78 is 28.0. The molecule has 6 heteroatoms. The van der Waals surface area contributed by atoms with Crippen molar-refractivity contribution in [3.63, 3.8) is 0 Å². The van der Waals surface area contributed by atoms with Gasteiger partial charge in [0.15, 0.2) is 5.82 Å². The summed E-state index contributed by atoms with van der Waals surface area (Å²) in [6.07, 6.45) is 1.94. The van der Waals surface area contributed by atoms with Crippen molar-refractivity contribution in [2.45, 2.75) is 33.4 Å². The highest BCUT2D eigenvalue weighted by molar-refractivity contribution is 5.85. The van der Waals surface area contributed by atoms with Crippen LogP contribution in [0.15, 0.2) is 24.4 Å². The van der Waals surface area contributed by atoms with Gasteiger partial charge in [-0.2, -0.15) is 5.10 Å². The Morgan fingerprint density at radius 1 is 1.20 bits per heavy atom. The van der Waals surface area contributed by atoms with Crippen LogP contribution in [0.3, 0.4) is 0 Å². The van der Waals surface area contributed by atoms with Gasteiger partial charge in [0.2, 0.25) is 0 Å². The second-order valence-corrected chi connectivity index (χ2v) is 4.87. The second-order valence-electron chi connectivity index (χ2n) is 4.87. The van der Waals surface area contributed by atoms with E-state index in [1.54, 1.807) is 0 Å². The summed E-state index contributed by atoms with van der Waals surface area (Å²) in [6.45, 7) is 6.36. The molecule has 0 aliphatic rings. The third kappa shape index (κ3) is 3.93. The molecule has 2 rings (SSSR count). The van der Waals surface area contributed by atoms with E-state index in [2.05, 4.69) is 10.4 Å². The van der Waals surface area contributed by atoms with Crippen molar-refractivity contribution in [2.24, 2.45) is 0 Å². The van der Waals surface area contributed by atoms with E-state index in [1.165, 1.54) is 12.1 Å². The fourth-order valence-corrected chi connectivity index (χ4v) is 1.82. The van der Waals surface area contributed by atoms with Crippen LogP contribution in [0.25, 0.3) is 0 Å². The van der Waals surface area contributed by atoms with Crippen LogP contribution in [0.4, 0.5) is 14.6 Å². The molecule has 0 fully saturated rings. The number of aromatic nitrogens is 2. The highest BCUT2D eigenvalue weighted by atomic mass is 35.5. The first-order valence-corrected chi connectivity index (χ1v) is 6.20. The lowest BCUT2D eigenvalue weighted by atomic mass is 10.2. The van der Waals surface area contributed by atoms with Gasteiger partial charge in [0.05, 0.1) is 0 Å². The highest BCUT2D eigenvalue weighted by Gasteiger charge is 2.07. The number of benzene rings is 1. The third-order valence-electron chi connectivity index (χ3n) is 2.83. The average Bonchev–Trinajstić information content (AvgIpc) is 2.67. The molecule has 20 heavy (non-hydrogen) atoms. The van der Waals surface area contributed by atoms with E-state index in [0.717, 1.165) is 17.4 Å². The van der Waals surface area contributed by atoms with Crippen molar-refractivity contribution in [3.05, 3.63) is 47.2 Å². The van der Waals surface area contributed by atoms with Gasteiger partial charge in [-0.15, -0.1) is 12.4 Å². The number of nitrogens with one attached hydrogen (secondary N) is 1. The predicted octanol–water partition coefficient (Wildman–Crippen LogP) is 4.08. The molecule has 0 aliphatic carbocycles. The molecule has 0 unspecified atom stereocenters. The minimum atomic E-state index is -0.568. The van der Waals surface area contributed by atoms with Gasteiger partial charge >= 0.3 is 0 Å². The molecule has 2 aromatic rings. The monoisotopic (exact) mass is 301 g/mol. The largest absolute Gasteiger partial charge is 0.364 e. The quantitative estimate of drug-likeness (QED) is 0.922. The molecule has 0 amide bonds. The van der Waals surface area contributed by atoms with Crippen molar-refractivity contribution in [3.8, 4) is 0 Å². The summed E-state index contributed by atoms with van der Waals surface area (Å²) in [4.78, 5) is 0. The van der Waals surface area contributed by atoms with Crippen LogP contribution in [0.1, 0.15) is 31.0 Å². The maximum Gasteiger partial charge on any atom is 0.151 e. The zero-order valence-electron chi connectivity index (χ0n) is 11.7. The number of halogens is 3. The van der Waals surface area contributed by atoms with Crippen LogP contribution in [-0.4, -0.2) is 9.78 Å². The first-order chi connectivity index (χ1) is 8.95. The number of anilines is 1. The van der Waals surface area contributed by atoms with E-state index < -0.39 is 11.6 Å². The molecule has 1 heterocycles. The fourth-order valence-electron chi connectivity index (χ4n) is 1.82. The standard InChI is InChI=1S/C14H17F2N3.ClH/c1-9(2)19-8-10(3)14(18-19)17-7-11-4-12(15)6-13(16)5-11;/h4-6,8-9H,7H2,1-3H3,(H,17,18);1H. The minimum absolute atomic E-state index is 0. The summed E-state index contributed by atoms with van der Waals surface area (Å²) in [6, 6.07) is 3.76. The van der Waals surface area contributed by atoms with Crippen LogP contribution >= 0.6 is 12.4 Å². The molecule has 3 nitrogen and oxygen atoms in total. The first-order valence-electron chi connectivity index (χ1n) is 6.20. The molecule has 1 aromatic heterocycles. The zero-order valence-corrected chi connectivity index (χ0v) is 12.5. The molecule has 0 aliphatic heterocycles. The van der Waals surface area contributed by atoms with Crippen LogP contribution in [0.2, 0.25) is 0 Å². The van der Waals surface area contributed by atoms with E-state index in [-0.39, 0.29) is 18.4 Å². The molecule has 0 saturated heterocycles. The molecule has 110 valence electrons. The molecule has 0 spiro atoms. The van der Waals surface area contributed by atoms with Crippen LogP contribution < -0.4 is 5.32 Å². The first kappa shape index (κ1) is 16.4. The summed E-state index contributed by atoms with van der Waals surface area (Å²) in [5.74, 6) is -0.402. The van der Waals surface area contributed by atoms with Crippen molar-refractivity contribution in [2.75, 3.05) is 5.32 Å². The molecule has 1 N–H and O–H groups in total. The second kappa shape index (κ2) is 6.70. The van der Waals surface area contributed by atoms with Gasteiger partial charge < -0.3 is 5.32 Å². The van der Waals surface area contributed by atoms with E-state index in [0.29, 0.717) is 12.1 Å². The Morgan fingerprint density at radius 3 is 2.30 bits per heavy atom. The topological polar surface area (TPSA) is 29.9 Å². The SMILES string of the molecule is Cc1cn(C(C)C)nc1NCc1cc(F)cc(F)c1.Cl. The zero-order chi connectivity index (χ0) is 14.0. The van der Waals surface area contributed by atoms with Gasteiger partial charge in [-0.05, 0) is 38.5 Å².